The summed E-state index contributed by atoms with van der Waals surface area (Å²) in [5.41, 5.74) is 0.809. The summed E-state index contributed by atoms with van der Waals surface area (Å²) >= 11 is 0. The van der Waals surface area contributed by atoms with E-state index in [2.05, 4.69) is 30.8 Å². The monoisotopic (exact) mass is 248 g/mol. The van der Waals surface area contributed by atoms with Crippen LogP contribution in [0.2, 0.25) is 0 Å². The van der Waals surface area contributed by atoms with Gasteiger partial charge < -0.3 is 4.90 Å². The lowest BCUT2D eigenvalue weighted by Gasteiger charge is -2.20. The Hall–Kier alpha value is -1.19. The molecule has 0 amide bonds. The molecule has 3 nitrogen and oxygen atoms in total. The molecule has 0 fully saturated rings. The number of nitrogens with zero attached hydrogens (tertiary/aromatic N) is 2. The number of likely N-dealkylation sites (N-methyl/N-ethyl adjacent to an activating group) is 1. The van der Waals surface area contributed by atoms with Crippen molar-refractivity contribution < 1.29 is 4.79 Å². The van der Waals surface area contributed by atoms with E-state index >= 15 is 0 Å². The fourth-order valence-electron chi connectivity index (χ4n) is 1.88. The number of hydrogen-bond donors (Lipinski definition) is 0. The molecule has 1 aromatic carbocycles. The molecular formula is C15H24N2O. The van der Waals surface area contributed by atoms with Gasteiger partial charge in [-0.1, -0.05) is 37.3 Å². The number of carbonyl (C=O) groups is 1. The Balaban J connectivity index is 2.41. The molecule has 0 aliphatic carbocycles. The minimum Gasteiger partial charge on any atom is -0.309 e. The molecule has 100 valence electrons. The Morgan fingerprint density at radius 1 is 1.11 bits per heavy atom. The first-order valence-electron chi connectivity index (χ1n) is 6.58. The Kier molecular flexibility index (Phi) is 6.61. The van der Waals surface area contributed by atoms with Crippen LogP contribution in [-0.4, -0.2) is 55.9 Å². The highest BCUT2D eigenvalue weighted by Crippen LogP contribution is 2.02. The van der Waals surface area contributed by atoms with E-state index in [1.165, 1.54) is 0 Å². The number of ketones is 1. The molecule has 0 saturated heterocycles. The molecular weight excluding hydrogens is 224 g/mol. The lowest BCUT2D eigenvalue weighted by Crippen LogP contribution is -2.32. The third kappa shape index (κ3) is 5.43. The fourth-order valence-corrected chi connectivity index (χ4v) is 1.88. The lowest BCUT2D eigenvalue weighted by molar-refractivity contribution is 0.0932. The van der Waals surface area contributed by atoms with Crippen LogP contribution >= 0.6 is 0 Å². The second-order valence-corrected chi connectivity index (χ2v) is 4.81. The van der Waals surface area contributed by atoms with Crippen molar-refractivity contribution in [1.82, 2.24) is 9.80 Å². The molecule has 0 bridgehead atoms. The number of Topliss-reactive ketones (excluding diaryl/α,β-unsaturated/α-hetero) is 1. The Labute approximate surface area is 110 Å². The van der Waals surface area contributed by atoms with Gasteiger partial charge in [-0.25, -0.2) is 0 Å². The minimum atomic E-state index is 0.210. The summed E-state index contributed by atoms with van der Waals surface area (Å²) < 4.78 is 0. The lowest BCUT2D eigenvalue weighted by atomic mass is 10.1. The first-order chi connectivity index (χ1) is 8.63. The molecule has 0 aliphatic heterocycles. The van der Waals surface area contributed by atoms with Crippen molar-refractivity contribution in [2.24, 2.45) is 0 Å². The highest BCUT2D eigenvalue weighted by molar-refractivity contribution is 5.97. The van der Waals surface area contributed by atoms with Crippen molar-refractivity contribution in [2.75, 3.05) is 40.3 Å². The van der Waals surface area contributed by atoms with Gasteiger partial charge in [0.2, 0.25) is 0 Å². The van der Waals surface area contributed by atoms with Crippen LogP contribution in [0.3, 0.4) is 0 Å². The maximum Gasteiger partial charge on any atom is 0.176 e. The van der Waals surface area contributed by atoms with Gasteiger partial charge in [-0.3, -0.25) is 9.69 Å². The zero-order valence-electron chi connectivity index (χ0n) is 11.7. The number of hydrogen-bond acceptors (Lipinski definition) is 3. The van der Waals surface area contributed by atoms with Gasteiger partial charge in [-0.15, -0.1) is 0 Å². The van der Waals surface area contributed by atoms with Crippen molar-refractivity contribution in [1.29, 1.82) is 0 Å². The summed E-state index contributed by atoms with van der Waals surface area (Å²) in [4.78, 5) is 16.4. The summed E-state index contributed by atoms with van der Waals surface area (Å²) in [5, 5.41) is 0. The van der Waals surface area contributed by atoms with E-state index in [0.717, 1.165) is 31.6 Å². The molecule has 0 heterocycles. The second-order valence-electron chi connectivity index (χ2n) is 4.81. The third-order valence-corrected chi connectivity index (χ3v) is 2.99. The van der Waals surface area contributed by atoms with E-state index in [0.29, 0.717) is 6.54 Å². The average Bonchev–Trinajstić information content (AvgIpc) is 2.38. The smallest absolute Gasteiger partial charge is 0.176 e. The van der Waals surface area contributed by atoms with Crippen molar-refractivity contribution in [3.63, 3.8) is 0 Å². The molecule has 0 radical (unpaired) electrons. The molecule has 0 aromatic heterocycles. The summed E-state index contributed by atoms with van der Waals surface area (Å²) in [6.45, 7) is 5.59. The van der Waals surface area contributed by atoms with Gasteiger partial charge in [-0.2, -0.15) is 0 Å². The Bertz CT molecular complexity index is 349. The van der Waals surface area contributed by atoms with Crippen LogP contribution in [0.5, 0.6) is 0 Å². The normalized spacial score (nSPS) is 11.2. The number of carbonyl (C=O) groups excluding carboxylic acids is 1. The summed E-state index contributed by atoms with van der Waals surface area (Å²) in [6, 6.07) is 9.53. The van der Waals surface area contributed by atoms with Crippen LogP contribution in [0.15, 0.2) is 30.3 Å². The molecule has 0 aliphatic rings. The van der Waals surface area contributed by atoms with Gasteiger partial charge in [0.1, 0.15) is 0 Å². The van der Waals surface area contributed by atoms with Crippen LogP contribution in [0.25, 0.3) is 0 Å². The van der Waals surface area contributed by atoms with Crippen LogP contribution in [0.4, 0.5) is 0 Å². The first kappa shape index (κ1) is 14.9. The predicted molar refractivity (Wildman–Crippen MR) is 76.1 cm³/mol. The number of rotatable bonds is 8. The molecule has 0 atom stereocenters. The van der Waals surface area contributed by atoms with E-state index < -0.39 is 0 Å². The van der Waals surface area contributed by atoms with Gasteiger partial charge in [0, 0.05) is 5.56 Å². The van der Waals surface area contributed by atoms with Crippen molar-refractivity contribution in [3.05, 3.63) is 35.9 Å². The maximum atomic E-state index is 12.1. The summed E-state index contributed by atoms with van der Waals surface area (Å²) in [5.74, 6) is 0.210. The predicted octanol–water partition coefficient (Wildman–Crippen LogP) is 2.14. The summed E-state index contributed by atoms with van der Waals surface area (Å²) in [6.07, 6.45) is 1.10. The zero-order valence-corrected chi connectivity index (χ0v) is 11.7. The molecule has 0 spiro atoms. The SMILES string of the molecule is CCN(CCCN(C)C)CC(=O)c1ccccc1. The van der Waals surface area contributed by atoms with Crippen LogP contribution in [-0.2, 0) is 0 Å². The first-order valence-corrected chi connectivity index (χ1v) is 6.58. The van der Waals surface area contributed by atoms with Crippen LogP contribution in [0, 0.1) is 0 Å². The zero-order chi connectivity index (χ0) is 13.4. The quantitative estimate of drug-likeness (QED) is 0.659. The number of benzene rings is 1. The molecule has 3 heteroatoms. The second kappa shape index (κ2) is 8.01. The van der Waals surface area contributed by atoms with Crippen molar-refractivity contribution >= 4 is 5.78 Å². The highest BCUT2D eigenvalue weighted by atomic mass is 16.1. The minimum absolute atomic E-state index is 0.210. The van der Waals surface area contributed by atoms with Crippen LogP contribution in [0.1, 0.15) is 23.7 Å². The third-order valence-electron chi connectivity index (χ3n) is 2.99. The Morgan fingerprint density at radius 2 is 1.78 bits per heavy atom. The Morgan fingerprint density at radius 3 is 2.33 bits per heavy atom. The largest absolute Gasteiger partial charge is 0.309 e. The van der Waals surface area contributed by atoms with E-state index in [4.69, 9.17) is 0 Å². The van der Waals surface area contributed by atoms with Crippen molar-refractivity contribution in [2.45, 2.75) is 13.3 Å². The molecule has 0 unspecified atom stereocenters. The average molecular weight is 248 g/mol. The van der Waals surface area contributed by atoms with E-state index in [9.17, 15) is 4.79 Å². The van der Waals surface area contributed by atoms with Crippen molar-refractivity contribution in [3.8, 4) is 0 Å². The van der Waals surface area contributed by atoms with E-state index in [-0.39, 0.29) is 5.78 Å². The van der Waals surface area contributed by atoms with Crippen LogP contribution < -0.4 is 0 Å². The molecule has 18 heavy (non-hydrogen) atoms. The molecule has 1 aromatic rings. The molecule has 1 rings (SSSR count). The van der Waals surface area contributed by atoms with Gasteiger partial charge in [-0.05, 0) is 40.2 Å². The standard InChI is InChI=1S/C15H24N2O/c1-4-17(12-8-11-16(2)3)13-15(18)14-9-6-5-7-10-14/h5-7,9-10H,4,8,11-13H2,1-3H3. The fraction of sp³-hybridized carbons (Fsp3) is 0.533. The van der Waals surface area contributed by atoms with Gasteiger partial charge in [0.05, 0.1) is 6.54 Å². The van der Waals surface area contributed by atoms with Gasteiger partial charge >= 0.3 is 0 Å². The van der Waals surface area contributed by atoms with E-state index in [1.807, 2.05) is 30.3 Å². The molecule has 0 saturated carbocycles. The maximum absolute atomic E-state index is 12.1. The van der Waals surface area contributed by atoms with E-state index in [1.54, 1.807) is 0 Å². The topological polar surface area (TPSA) is 23.6 Å². The highest BCUT2D eigenvalue weighted by Gasteiger charge is 2.10. The van der Waals surface area contributed by atoms with Gasteiger partial charge in [0.25, 0.3) is 0 Å². The summed E-state index contributed by atoms with van der Waals surface area (Å²) in [7, 11) is 4.15. The van der Waals surface area contributed by atoms with Gasteiger partial charge in [0.15, 0.2) is 5.78 Å². The molecule has 0 N–H and O–H groups in total.